The summed E-state index contributed by atoms with van der Waals surface area (Å²) in [4.78, 5) is 0. The summed E-state index contributed by atoms with van der Waals surface area (Å²) >= 11 is 0. The van der Waals surface area contributed by atoms with Gasteiger partial charge in [-0.25, -0.2) is 0 Å². The topological polar surface area (TPSA) is 32.3 Å². The quantitative estimate of drug-likeness (QED) is 0.759. The van der Waals surface area contributed by atoms with Gasteiger partial charge in [0.2, 0.25) is 0 Å². The fraction of sp³-hybridized carbons (Fsp3) is 0.429. The van der Waals surface area contributed by atoms with Gasteiger partial charge in [0.25, 0.3) is 0 Å². The molecule has 0 aromatic heterocycles. The van der Waals surface area contributed by atoms with Crippen molar-refractivity contribution in [2.45, 2.75) is 38.3 Å². The number of hydrogen-bond donors (Lipinski definition) is 2. The van der Waals surface area contributed by atoms with E-state index in [1.807, 2.05) is 12.1 Å². The molecule has 1 aliphatic rings. The monoisotopic (exact) mass is 215 g/mol. The summed E-state index contributed by atoms with van der Waals surface area (Å²) in [7, 11) is 0. The van der Waals surface area contributed by atoms with Crippen molar-refractivity contribution in [3.8, 4) is 18.1 Å². The first-order valence-electron chi connectivity index (χ1n) is 5.78. The lowest BCUT2D eigenvalue weighted by molar-refractivity contribution is 0.473. The van der Waals surface area contributed by atoms with E-state index >= 15 is 0 Å². The van der Waals surface area contributed by atoms with Gasteiger partial charge in [0.05, 0.1) is 6.04 Å². The highest BCUT2D eigenvalue weighted by atomic mass is 16.3. The first-order valence-corrected chi connectivity index (χ1v) is 5.78. The van der Waals surface area contributed by atoms with Gasteiger partial charge in [-0.15, -0.1) is 6.42 Å². The summed E-state index contributed by atoms with van der Waals surface area (Å²) in [5.74, 6) is 3.11. The Balaban J connectivity index is 2.15. The second-order valence-electron chi connectivity index (χ2n) is 4.27. The molecule has 0 saturated heterocycles. The van der Waals surface area contributed by atoms with Crippen LogP contribution in [-0.2, 0) is 6.42 Å². The lowest BCUT2D eigenvalue weighted by Gasteiger charge is -2.18. The molecule has 0 saturated carbocycles. The van der Waals surface area contributed by atoms with Crippen LogP contribution in [0.5, 0.6) is 5.75 Å². The minimum Gasteiger partial charge on any atom is -0.508 e. The molecule has 2 rings (SSSR count). The van der Waals surface area contributed by atoms with Gasteiger partial charge in [-0.3, -0.25) is 5.32 Å². The third-order valence-electron chi connectivity index (χ3n) is 3.22. The Morgan fingerprint density at radius 3 is 3.12 bits per heavy atom. The van der Waals surface area contributed by atoms with Gasteiger partial charge in [-0.1, -0.05) is 18.9 Å². The Labute approximate surface area is 96.7 Å². The summed E-state index contributed by atoms with van der Waals surface area (Å²) in [5.41, 5.74) is 2.52. The van der Waals surface area contributed by atoms with Crippen LogP contribution in [0.25, 0.3) is 0 Å². The van der Waals surface area contributed by atoms with Gasteiger partial charge in [-0.05, 0) is 42.5 Å². The molecule has 2 atom stereocenters. The van der Waals surface area contributed by atoms with E-state index in [2.05, 4.69) is 18.2 Å². The Morgan fingerprint density at radius 2 is 2.44 bits per heavy atom. The fourth-order valence-electron chi connectivity index (χ4n) is 2.30. The molecule has 1 aromatic carbocycles. The Kier molecular flexibility index (Phi) is 3.17. The molecule has 0 amide bonds. The summed E-state index contributed by atoms with van der Waals surface area (Å²) in [6.45, 7) is 2.09. The van der Waals surface area contributed by atoms with Crippen molar-refractivity contribution < 1.29 is 5.11 Å². The van der Waals surface area contributed by atoms with Crippen LogP contribution in [-0.4, -0.2) is 11.1 Å². The fourth-order valence-corrected chi connectivity index (χ4v) is 2.30. The number of phenolic OH excluding ortho intramolecular Hbond substituents is 1. The van der Waals surface area contributed by atoms with Gasteiger partial charge in [0.1, 0.15) is 5.75 Å². The lowest BCUT2D eigenvalue weighted by atomic mass is 10.1. The third-order valence-corrected chi connectivity index (χ3v) is 3.22. The summed E-state index contributed by atoms with van der Waals surface area (Å²) in [6.07, 6.45) is 8.48. The summed E-state index contributed by atoms with van der Waals surface area (Å²) in [5, 5.41) is 12.9. The maximum Gasteiger partial charge on any atom is 0.115 e. The maximum atomic E-state index is 9.40. The number of hydrogen-bond acceptors (Lipinski definition) is 2. The van der Waals surface area contributed by atoms with Gasteiger partial charge < -0.3 is 5.11 Å². The van der Waals surface area contributed by atoms with Crippen LogP contribution < -0.4 is 5.32 Å². The molecule has 84 valence electrons. The van der Waals surface area contributed by atoms with Crippen LogP contribution in [0.15, 0.2) is 18.2 Å². The number of terminal acetylenes is 1. The third kappa shape index (κ3) is 2.05. The highest BCUT2D eigenvalue weighted by Crippen LogP contribution is 2.33. The molecule has 1 aliphatic carbocycles. The van der Waals surface area contributed by atoms with Crippen molar-refractivity contribution in [2.75, 3.05) is 0 Å². The van der Waals surface area contributed by atoms with Crippen molar-refractivity contribution >= 4 is 0 Å². The molecular formula is C14H17NO. The molecule has 16 heavy (non-hydrogen) atoms. The average Bonchev–Trinajstić information content (AvgIpc) is 2.68. The normalized spacial score (nSPS) is 20.1. The second kappa shape index (κ2) is 4.59. The van der Waals surface area contributed by atoms with Crippen LogP contribution in [0.4, 0.5) is 0 Å². The van der Waals surface area contributed by atoms with E-state index in [1.165, 1.54) is 11.1 Å². The molecule has 0 aliphatic heterocycles. The van der Waals surface area contributed by atoms with Crippen molar-refractivity contribution in [3.05, 3.63) is 29.3 Å². The number of aromatic hydroxyl groups is 1. The van der Waals surface area contributed by atoms with Crippen molar-refractivity contribution in [1.82, 2.24) is 5.32 Å². The molecule has 2 nitrogen and oxygen atoms in total. The van der Waals surface area contributed by atoms with Gasteiger partial charge in [0, 0.05) is 6.04 Å². The number of fused-ring (bicyclic) bond motifs is 1. The van der Waals surface area contributed by atoms with Crippen LogP contribution in [0.1, 0.15) is 36.9 Å². The Morgan fingerprint density at radius 1 is 1.62 bits per heavy atom. The van der Waals surface area contributed by atoms with Gasteiger partial charge in [0.15, 0.2) is 0 Å². The molecular weight excluding hydrogens is 198 g/mol. The van der Waals surface area contributed by atoms with Crippen LogP contribution >= 0.6 is 0 Å². The van der Waals surface area contributed by atoms with E-state index < -0.39 is 0 Å². The first kappa shape index (κ1) is 11.0. The van der Waals surface area contributed by atoms with Crippen LogP contribution in [0, 0.1) is 12.3 Å². The second-order valence-corrected chi connectivity index (χ2v) is 4.27. The zero-order valence-corrected chi connectivity index (χ0v) is 9.53. The minimum atomic E-state index is 0.143. The molecule has 0 fully saturated rings. The number of benzene rings is 1. The predicted octanol–water partition coefficient (Wildman–Crippen LogP) is 2.38. The standard InChI is InChI=1S/C14H17NO/c1-3-11(4-2)15-14-8-5-10-9-12(16)6-7-13(10)14/h1,6-7,9,11,14-16H,4-5,8H2,2H3. The minimum absolute atomic E-state index is 0.143. The van der Waals surface area contributed by atoms with Crippen LogP contribution in [0.3, 0.4) is 0 Å². The number of rotatable bonds is 3. The summed E-state index contributed by atoms with van der Waals surface area (Å²) < 4.78 is 0. The highest BCUT2D eigenvalue weighted by molar-refractivity contribution is 5.40. The Hall–Kier alpha value is -1.46. The van der Waals surface area contributed by atoms with Gasteiger partial charge in [-0.2, -0.15) is 0 Å². The highest BCUT2D eigenvalue weighted by Gasteiger charge is 2.23. The number of aryl methyl sites for hydroxylation is 1. The average molecular weight is 215 g/mol. The molecule has 2 heteroatoms. The van der Waals surface area contributed by atoms with E-state index in [0.717, 1.165) is 19.3 Å². The van der Waals surface area contributed by atoms with Gasteiger partial charge >= 0.3 is 0 Å². The molecule has 0 radical (unpaired) electrons. The molecule has 2 N–H and O–H groups in total. The molecule has 2 unspecified atom stereocenters. The largest absolute Gasteiger partial charge is 0.508 e. The first-order chi connectivity index (χ1) is 7.74. The smallest absolute Gasteiger partial charge is 0.115 e. The van der Waals surface area contributed by atoms with Crippen molar-refractivity contribution in [1.29, 1.82) is 0 Å². The van der Waals surface area contributed by atoms with Crippen molar-refractivity contribution in [2.24, 2.45) is 0 Å². The van der Waals surface area contributed by atoms with E-state index in [0.29, 0.717) is 11.8 Å². The SMILES string of the molecule is C#CC(CC)NC1CCc2cc(O)ccc21. The molecule has 0 heterocycles. The molecule has 0 spiro atoms. The maximum absolute atomic E-state index is 9.40. The Bertz CT molecular complexity index is 419. The zero-order valence-electron chi connectivity index (χ0n) is 9.53. The molecule has 1 aromatic rings. The zero-order chi connectivity index (χ0) is 11.5. The number of nitrogens with one attached hydrogen (secondary N) is 1. The van der Waals surface area contributed by atoms with E-state index in [-0.39, 0.29) is 6.04 Å². The lowest BCUT2D eigenvalue weighted by Crippen LogP contribution is -2.29. The predicted molar refractivity (Wildman–Crippen MR) is 65.2 cm³/mol. The van der Waals surface area contributed by atoms with E-state index in [4.69, 9.17) is 6.42 Å². The molecule has 0 bridgehead atoms. The van der Waals surface area contributed by atoms with E-state index in [9.17, 15) is 5.11 Å². The van der Waals surface area contributed by atoms with Crippen molar-refractivity contribution in [3.63, 3.8) is 0 Å². The van der Waals surface area contributed by atoms with Crippen LogP contribution in [0.2, 0.25) is 0 Å². The summed E-state index contributed by atoms with van der Waals surface area (Å²) in [6, 6.07) is 6.09. The number of phenols is 1. The van der Waals surface area contributed by atoms with E-state index in [1.54, 1.807) is 6.07 Å².